The summed E-state index contributed by atoms with van der Waals surface area (Å²) >= 11 is 0. The molecule has 3 nitrogen and oxygen atoms in total. The molecule has 0 spiro atoms. The van der Waals surface area contributed by atoms with Crippen molar-refractivity contribution in [2.75, 3.05) is 6.54 Å². The third-order valence-electron chi connectivity index (χ3n) is 2.05. The minimum absolute atomic E-state index is 0.0660. The van der Waals surface area contributed by atoms with Gasteiger partial charge in [-0.1, -0.05) is 0 Å². The van der Waals surface area contributed by atoms with Crippen molar-refractivity contribution >= 4 is 6.09 Å². The number of amides is 1. The summed E-state index contributed by atoms with van der Waals surface area (Å²) in [6.07, 6.45) is -3.32. The van der Waals surface area contributed by atoms with E-state index in [-0.39, 0.29) is 19.4 Å². The normalized spacial score (nSPS) is 36.6. The van der Waals surface area contributed by atoms with Crippen LogP contribution >= 0.6 is 0 Å². The number of nitrogens with zero attached hydrogens (tertiary/aromatic N) is 1. The lowest BCUT2D eigenvalue weighted by Gasteiger charge is -2.35. The summed E-state index contributed by atoms with van der Waals surface area (Å²) in [5.74, 6) is 0. The second-order valence-electron chi connectivity index (χ2n) is 3.28. The lowest BCUT2D eigenvalue weighted by Crippen LogP contribution is -2.47. The molecular weight excluding hydrogens is 168 g/mol. The van der Waals surface area contributed by atoms with E-state index in [1.807, 2.05) is 0 Å². The maximum absolute atomic E-state index is 13.1. The summed E-state index contributed by atoms with van der Waals surface area (Å²) in [4.78, 5) is 11.0. The van der Waals surface area contributed by atoms with Crippen molar-refractivity contribution in [3.8, 4) is 0 Å². The Morgan fingerprint density at radius 1 is 1.75 bits per heavy atom. The van der Waals surface area contributed by atoms with Crippen LogP contribution < -0.4 is 0 Å². The predicted octanol–water partition coefficient (Wildman–Crippen LogP) is 1.78. The number of carbonyl (C=O) groups is 1. The highest BCUT2D eigenvalue weighted by atomic mass is 19.2. The Morgan fingerprint density at radius 2 is 2.33 bits per heavy atom. The fourth-order valence-corrected chi connectivity index (χ4v) is 1.27. The summed E-state index contributed by atoms with van der Waals surface area (Å²) in [5, 5.41) is 8.44. The lowest BCUT2D eigenvalue weighted by molar-refractivity contribution is -0.0186. The molecule has 12 heavy (non-hydrogen) atoms. The number of piperidine rings is 1. The minimum Gasteiger partial charge on any atom is -0.465 e. The third-order valence-corrected chi connectivity index (χ3v) is 2.05. The van der Waals surface area contributed by atoms with Gasteiger partial charge in [0.25, 0.3) is 0 Å². The van der Waals surface area contributed by atoms with Gasteiger partial charge in [0.15, 0.2) is 6.30 Å². The molecule has 2 unspecified atom stereocenters. The highest BCUT2D eigenvalue weighted by Gasteiger charge is 2.38. The number of hydrogen-bond acceptors (Lipinski definition) is 1. The van der Waals surface area contributed by atoms with E-state index in [0.717, 1.165) is 0 Å². The maximum Gasteiger partial charge on any atom is 0.409 e. The van der Waals surface area contributed by atoms with Crippen LogP contribution in [0.25, 0.3) is 0 Å². The van der Waals surface area contributed by atoms with Gasteiger partial charge in [-0.05, 0) is 13.3 Å². The van der Waals surface area contributed by atoms with E-state index in [4.69, 9.17) is 5.11 Å². The number of rotatable bonds is 0. The Balaban J connectivity index is 2.60. The molecule has 1 aliphatic heterocycles. The van der Waals surface area contributed by atoms with Gasteiger partial charge in [0.1, 0.15) is 5.67 Å². The van der Waals surface area contributed by atoms with Gasteiger partial charge in [-0.15, -0.1) is 0 Å². The Hall–Kier alpha value is -0.870. The molecule has 5 heteroatoms. The molecule has 70 valence electrons. The van der Waals surface area contributed by atoms with Crippen molar-refractivity contribution in [1.29, 1.82) is 0 Å². The molecule has 1 aliphatic rings. The van der Waals surface area contributed by atoms with E-state index in [9.17, 15) is 13.6 Å². The summed E-state index contributed by atoms with van der Waals surface area (Å²) in [7, 11) is 0. The largest absolute Gasteiger partial charge is 0.465 e. The highest BCUT2D eigenvalue weighted by Crippen LogP contribution is 2.30. The molecule has 0 saturated carbocycles. The van der Waals surface area contributed by atoms with Gasteiger partial charge >= 0.3 is 6.09 Å². The molecule has 2 atom stereocenters. The smallest absolute Gasteiger partial charge is 0.409 e. The second-order valence-corrected chi connectivity index (χ2v) is 3.28. The molecule has 1 rings (SSSR count). The van der Waals surface area contributed by atoms with Crippen LogP contribution in [0.2, 0.25) is 0 Å². The molecule has 0 aliphatic carbocycles. The third kappa shape index (κ3) is 1.84. The van der Waals surface area contributed by atoms with Crippen LogP contribution in [0.1, 0.15) is 19.8 Å². The van der Waals surface area contributed by atoms with Gasteiger partial charge < -0.3 is 5.11 Å². The maximum atomic E-state index is 13.1. The van der Waals surface area contributed by atoms with Crippen LogP contribution in [0.4, 0.5) is 13.6 Å². The quantitative estimate of drug-likeness (QED) is 0.576. The zero-order valence-corrected chi connectivity index (χ0v) is 6.76. The number of likely N-dealkylation sites (tertiary alicyclic amines) is 1. The Morgan fingerprint density at radius 3 is 2.75 bits per heavy atom. The molecule has 0 bridgehead atoms. The van der Waals surface area contributed by atoms with E-state index in [1.54, 1.807) is 0 Å². The van der Waals surface area contributed by atoms with Gasteiger partial charge in [0.05, 0.1) is 0 Å². The number of carboxylic acid groups (broad SMARTS) is 1. The van der Waals surface area contributed by atoms with Crippen molar-refractivity contribution in [2.45, 2.75) is 31.7 Å². The van der Waals surface area contributed by atoms with Gasteiger partial charge in [-0.25, -0.2) is 13.6 Å². The number of halogens is 2. The molecule has 1 amide bonds. The van der Waals surface area contributed by atoms with Crippen molar-refractivity contribution < 1.29 is 18.7 Å². The predicted molar refractivity (Wildman–Crippen MR) is 38.4 cm³/mol. The molecule has 1 heterocycles. The van der Waals surface area contributed by atoms with Crippen LogP contribution in [-0.2, 0) is 0 Å². The van der Waals surface area contributed by atoms with Gasteiger partial charge in [0, 0.05) is 13.0 Å². The van der Waals surface area contributed by atoms with Crippen LogP contribution in [0.15, 0.2) is 0 Å². The molecular formula is C7H11F2NO2. The molecule has 0 radical (unpaired) electrons. The first-order valence-corrected chi connectivity index (χ1v) is 3.75. The summed E-state index contributed by atoms with van der Waals surface area (Å²) in [5.41, 5.74) is -1.56. The van der Waals surface area contributed by atoms with Crippen LogP contribution in [0.5, 0.6) is 0 Å². The Kier molecular flexibility index (Phi) is 2.21. The minimum atomic E-state index is -1.70. The van der Waals surface area contributed by atoms with Gasteiger partial charge in [-0.2, -0.15) is 0 Å². The van der Waals surface area contributed by atoms with Crippen LogP contribution in [0.3, 0.4) is 0 Å². The first kappa shape index (κ1) is 9.22. The fraction of sp³-hybridized carbons (Fsp3) is 0.857. The molecule has 0 aromatic carbocycles. The Bertz CT molecular complexity index is 196. The molecule has 0 aromatic heterocycles. The van der Waals surface area contributed by atoms with E-state index >= 15 is 0 Å². The van der Waals surface area contributed by atoms with Crippen molar-refractivity contribution in [3.63, 3.8) is 0 Å². The zero-order chi connectivity index (χ0) is 9.35. The summed E-state index contributed by atoms with van der Waals surface area (Å²) < 4.78 is 26.0. The highest BCUT2D eigenvalue weighted by molar-refractivity contribution is 5.65. The number of alkyl halides is 2. The molecule has 1 saturated heterocycles. The summed E-state index contributed by atoms with van der Waals surface area (Å²) in [6.45, 7) is 1.22. The van der Waals surface area contributed by atoms with E-state index < -0.39 is 18.1 Å². The number of hydrogen-bond donors (Lipinski definition) is 1. The van der Waals surface area contributed by atoms with E-state index in [0.29, 0.717) is 4.90 Å². The molecule has 1 fully saturated rings. The van der Waals surface area contributed by atoms with Gasteiger partial charge in [0.2, 0.25) is 0 Å². The average molecular weight is 179 g/mol. The lowest BCUT2D eigenvalue weighted by atomic mass is 9.95. The second kappa shape index (κ2) is 2.88. The standard InChI is InChI=1S/C7H11F2NO2/c1-7(9)2-3-10(6(11)12)5(8)4-7/h5H,2-4H2,1H3,(H,11,12). The Labute approximate surface area is 69.0 Å². The first-order chi connectivity index (χ1) is 5.42. The molecule has 1 N–H and O–H groups in total. The topological polar surface area (TPSA) is 40.5 Å². The first-order valence-electron chi connectivity index (χ1n) is 3.75. The van der Waals surface area contributed by atoms with Crippen molar-refractivity contribution in [2.24, 2.45) is 0 Å². The van der Waals surface area contributed by atoms with Crippen molar-refractivity contribution in [1.82, 2.24) is 4.90 Å². The SMILES string of the molecule is CC1(F)CCN(C(=O)O)C(F)C1. The van der Waals surface area contributed by atoms with Crippen molar-refractivity contribution in [3.05, 3.63) is 0 Å². The zero-order valence-electron chi connectivity index (χ0n) is 6.76. The summed E-state index contributed by atoms with van der Waals surface area (Å²) in [6, 6.07) is 0. The van der Waals surface area contributed by atoms with E-state index in [2.05, 4.69) is 0 Å². The van der Waals surface area contributed by atoms with E-state index in [1.165, 1.54) is 6.92 Å². The van der Waals surface area contributed by atoms with Gasteiger partial charge in [-0.3, -0.25) is 4.90 Å². The molecule has 0 aromatic rings. The fourth-order valence-electron chi connectivity index (χ4n) is 1.27. The van der Waals surface area contributed by atoms with Crippen LogP contribution in [0, 0.1) is 0 Å². The average Bonchev–Trinajstić information content (AvgIpc) is 1.83. The van der Waals surface area contributed by atoms with Crippen LogP contribution in [-0.4, -0.2) is 34.6 Å². The monoisotopic (exact) mass is 179 g/mol.